The Hall–Kier alpha value is -1.84. The van der Waals surface area contributed by atoms with Gasteiger partial charge in [-0.25, -0.2) is 4.98 Å². The lowest BCUT2D eigenvalue weighted by Gasteiger charge is -2.03. The molecule has 0 aromatic carbocycles. The van der Waals surface area contributed by atoms with Gasteiger partial charge in [-0.1, -0.05) is 12.2 Å². The molecule has 0 aliphatic carbocycles. The van der Waals surface area contributed by atoms with Gasteiger partial charge >= 0.3 is 5.97 Å². The summed E-state index contributed by atoms with van der Waals surface area (Å²) in [4.78, 5) is 15.3. The van der Waals surface area contributed by atoms with Crippen LogP contribution in [-0.2, 0) is 9.53 Å². The lowest BCUT2D eigenvalue weighted by atomic mass is 10.2. The van der Waals surface area contributed by atoms with E-state index in [4.69, 9.17) is 9.47 Å². The molecular formula is C13H17NO3. The Labute approximate surface area is 101 Å². The minimum Gasteiger partial charge on any atom is -0.481 e. The van der Waals surface area contributed by atoms with Crippen molar-refractivity contribution in [3.63, 3.8) is 0 Å². The fourth-order valence-electron chi connectivity index (χ4n) is 1.34. The normalized spacial score (nSPS) is 10.5. The van der Waals surface area contributed by atoms with E-state index >= 15 is 0 Å². The van der Waals surface area contributed by atoms with Crippen LogP contribution in [0.1, 0.15) is 24.6 Å². The van der Waals surface area contributed by atoms with E-state index in [-0.39, 0.29) is 12.4 Å². The Kier molecular flexibility index (Phi) is 5.20. The predicted octanol–water partition coefficient (Wildman–Crippen LogP) is 2.37. The van der Waals surface area contributed by atoms with Crippen LogP contribution in [0.3, 0.4) is 0 Å². The van der Waals surface area contributed by atoms with Crippen molar-refractivity contribution < 1.29 is 14.3 Å². The largest absolute Gasteiger partial charge is 0.481 e. The van der Waals surface area contributed by atoms with Gasteiger partial charge in [0.25, 0.3) is 0 Å². The average molecular weight is 235 g/mol. The number of carbonyl (C=O) groups is 1. The molecule has 0 saturated carbocycles. The van der Waals surface area contributed by atoms with Crippen molar-refractivity contribution in [2.45, 2.75) is 20.3 Å². The summed E-state index contributed by atoms with van der Waals surface area (Å²) in [7, 11) is 1.58. The molecule has 1 heterocycles. The Morgan fingerprint density at radius 2 is 2.24 bits per heavy atom. The number of esters is 1. The van der Waals surface area contributed by atoms with Gasteiger partial charge in [-0.3, -0.25) is 4.79 Å². The van der Waals surface area contributed by atoms with Gasteiger partial charge in [-0.15, -0.1) is 0 Å². The summed E-state index contributed by atoms with van der Waals surface area (Å²) in [5.74, 6) is 0.368. The van der Waals surface area contributed by atoms with Crippen LogP contribution in [0.5, 0.6) is 5.88 Å². The van der Waals surface area contributed by atoms with E-state index in [1.165, 1.54) is 0 Å². The molecule has 0 amide bonds. The van der Waals surface area contributed by atoms with Gasteiger partial charge in [0.1, 0.15) is 0 Å². The molecule has 4 heteroatoms. The summed E-state index contributed by atoms with van der Waals surface area (Å²) in [6.45, 7) is 4.10. The van der Waals surface area contributed by atoms with Gasteiger partial charge in [0.2, 0.25) is 5.88 Å². The molecule has 4 nitrogen and oxygen atoms in total. The third-order valence-electron chi connectivity index (χ3n) is 2.20. The average Bonchev–Trinajstić information content (AvgIpc) is 2.31. The van der Waals surface area contributed by atoms with Crippen molar-refractivity contribution in [3.05, 3.63) is 29.5 Å². The number of hydrogen-bond acceptors (Lipinski definition) is 4. The third kappa shape index (κ3) is 4.26. The maximum absolute atomic E-state index is 11.1. The second-order valence-corrected chi connectivity index (χ2v) is 3.44. The minimum absolute atomic E-state index is 0.220. The first kappa shape index (κ1) is 13.2. The number of pyridine rings is 1. The molecule has 17 heavy (non-hydrogen) atoms. The van der Waals surface area contributed by atoms with E-state index in [1.54, 1.807) is 26.2 Å². The lowest BCUT2D eigenvalue weighted by molar-refractivity contribution is -0.142. The van der Waals surface area contributed by atoms with Gasteiger partial charge in [-0.05, 0) is 25.5 Å². The molecule has 1 aromatic rings. The van der Waals surface area contributed by atoms with Crippen molar-refractivity contribution in [1.29, 1.82) is 0 Å². The van der Waals surface area contributed by atoms with Crippen molar-refractivity contribution >= 4 is 12.0 Å². The van der Waals surface area contributed by atoms with Gasteiger partial charge in [-0.2, -0.15) is 0 Å². The van der Waals surface area contributed by atoms with Crippen LogP contribution in [0, 0.1) is 6.92 Å². The summed E-state index contributed by atoms with van der Waals surface area (Å²) in [6, 6.07) is 3.69. The highest BCUT2D eigenvalue weighted by Gasteiger charge is 2.00. The number of rotatable bonds is 5. The molecule has 1 aromatic heterocycles. The Morgan fingerprint density at radius 1 is 1.47 bits per heavy atom. The van der Waals surface area contributed by atoms with E-state index in [9.17, 15) is 4.79 Å². The first-order chi connectivity index (χ1) is 8.17. The monoisotopic (exact) mass is 235 g/mol. The Balaban J connectivity index is 2.62. The Bertz CT molecular complexity index is 413. The minimum atomic E-state index is -0.220. The summed E-state index contributed by atoms with van der Waals surface area (Å²) in [6.07, 6.45) is 3.91. The Morgan fingerprint density at radius 3 is 2.82 bits per heavy atom. The van der Waals surface area contributed by atoms with Gasteiger partial charge in [0, 0.05) is 11.8 Å². The number of ether oxygens (including phenoxy) is 2. The first-order valence-corrected chi connectivity index (χ1v) is 5.51. The number of carbonyl (C=O) groups excluding carboxylic acids is 1. The highest BCUT2D eigenvalue weighted by atomic mass is 16.5. The standard InChI is InChI=1S/C13H17NO3/c1-4-17-13(15)7-5-6-11-8-9-12(16-3)14-10(11)2/h5-6,8-9H,4,7H2,1-3H3. The molecule has 0 N–H and O–H groups in total. The van der Waals surface area contributed by atoms with E-state index in [0.29, 0.717) is 12.5 Å². The summed E-state index contributed by atoms with van der Waals surface area (Å²) in [5.41, 5.74) is 1.83. The SMILES string of the molecule is CCOC(=O)CC=Cc1ccc(OC)nc1C. The second kappa shape index (κ2) is 6.68. The molecule has 0 aliphatic heterocycles. The summed E-state index contributed by atoms with van der Waals surface area (Å²) in [5, 5.41) is 0. The van der Waals surface area contributed by atoms with Crippen LogP contribution in [0.4, 0.5) is 0 Å². The summed E-state index contributed by atoms with van der Waals surface area (Å²) >= 11 is 0. The molecule has 0 saturated heterocycles. The van der Waals surface area contributed by atoms with Crippen molar-refractivity contribution in [2.75, 3.05) is 13.7 Å². The van der Waals surface area contributed by atoms with Gasteiger partial charge in [0.15, 0.2) is 0 Å². The van der Waals surface area contributed by atoms with E-state index in [0.717, 1.165) is 11.3 Å². The van der Waals surface area contributed by atoms with E-state index in [1.807, 2.05) is 19.1 Å². The molecule has 92 valence electrons. The van der Waals surface area contributed by atoms with Crippen LogP contribution in [-0.4, -0.2) is 24.7 Å². The van der Waals surface area contributed by atoms with Crippen LogP contribution < -0.4 is 4.74 Å². The van der Waals surface area contributed by atoms with Crippen LogP contribution in [0.2, 0.25) is 0 Å². The number of hydrogen-bond donors (Lipinski definition) is 0. The number of aromatic nitrogens is 1. The molecule has 0 bridgehead atoms. The molecule has 1 rings (SSSR count). The first-order valence-electron chi connectivity index (χ1n) is 5.51. The van der Waals surface area contributed by atoms with E-state index < -0.39 is 0 Å². The van der Waals surface area contributed by atoms with E-state index in [2.05, 4.69) is 4.98 Å². The fourth-order valence-corrected chi connectivity index (χ4v) is 1.34. The highest BCUT2D eigenvalue weighted by molar-refractivity contribution is 5.72. The molecular weight excluding hydrogens is 218 g/mol. The van der Waals surface area contributed by atoms with Crippen LogP contribution in [0.15, 0.2) is 18.2 Å². The van der Waals surface area contributed by atoms with Crippen molar-refractivity contribution in [3.8, 4) is 5.88 Å². The van der Waals surface area contributed by atoms with Crippen LogP contribution >= 0.6 is 0 Å². The molecule has 0 aliphatic rings. The molecule has 0 spiro atoms. The quantitative estimate of drug-likeness (QED) is 0.735. The molecule has 0 radical (unpaired) electrons. The zero-order valence-electron chi connectivity index (χ0n) is 10.4. The summed E-state index contributed by atoms with van der Waals surface area (Å²) < 4.78 is 9.84. The smallest absolute Gasteiger partial charge is 0.309 e. The lowest BCUT2D eigenvalue weighted by Crippen LogP contribution is -2.01. The predicted molar refractivity (Wildman–Crippen MR) is 65.8 cm³/mol. The topological polar surface area (TPSA) is 48.4 Å². The maximum atomic E-state index is 11.1. The molecule has 0 unspecified atom stereocenters. The third-order valence-corrected chi connectivity index (χ3v) is 2.20. The molecule has 0 atom stereocenters. The fraction of sp³-hybridized carbons (Fsp3) is 0.385. The zero-order chi connectivity index (χ0) is 12.7. The number of nitrogens with zero attached hydrogens (tertiary/aromatic N) is 1. The van der Waals surface area contributed by atoms with Crippen LogP contribution in [0.25, 0.3) is 6.08 Å². The van der Waals surface area contributed by atoms with Gasteiger partial charge in [0.05, 0.1) is 20.1 Å². The molecule has 0 fully saturated rings. The maximum Gasteiger partial charge on any atom is 0.309 e. The number of methoxy groups -OCH3 is 1. The van der Waals surface area contributed by atoms with Crippen molar-refractivity contribution in [2.24, 2.45) is 0 Å². The highest BCUT2D eigenvalue weighted by Crippen LogP contribution is 2.13. The number of aryl methyl sites for hydroxylation is 1. The van der Waals surface area contributed by atoms with Gasteiger partial charge < -0.3 is 9.47 Å². The zero-order valence-corrected chi connectivity index (χ0v) is 10.4. The van der Waals surface area contributed by atoms with Crippen molar-refractivity contribution in [1.82, 2.24) is 4.98 Å². The second-order valence-electron chi connectivity index (χ2n) is 3.44.